The lowest BCUT2D eigenvalue weighted by Crippen LogP contribution is -2.28. The highest BCUT2D eigenvalue weighted by Gasteiger charge is 2.17. The molecule has 1 amide bonds. The monoisotopic (exact) mass is 397 g/mol. The van der Waals surface area contributed by atoms with Crippen molar-refractivity contribution in [2.24, 2.45) is 0 Å². The number of esters is 2. The van der Waals surface area contributed by atoms with Crippen LogP contribution in [0.2, 0.25) is 0 Å². The van der Waals surface area contributed by atoms with E-state index in [0.717, 1.165) is 0 Å². The van der Waals surface area contributed by atoms with Gasteiger partial charge in [0.1, 0.15) is 5.70 Å². The minimum atomic E-state index is -0.669. The summed E-state index contributed by atoms with van der Waals surface area (Å²) in [6, 6.07) is 11.8. The number of ether oxygens (including phenoxy) is 3. The molecule has 0 fully saturated rings. The molecule has 2 rings (SSSR count). The molecule has 0 aliphatic carbocycles. The van der Waals surface area contributed by atoms with E-state index in [2.05, 4.69) is 5.32 Å². The van der Waals surface area contributed by atoms with Crippen molar-refractivity contribution < 1.29 is 28.6 Å². The second kappa shape index (κ2) is 10.1. The number of carbonyl (C=O) groups excluding carboxylic acids is 3. The lowest BCUT2D eigenvalue weighted by molar-refractivity contribution is -0.138. The molecule has 2 aromatic carbocycles. The van der Waals surface area contributed by atoms with Gasteiger partial charge in [-0.2, -0.15) is 0 Å². The van der Waals surface area contributed by atoms with Crippen LogP contribution >= 0.6 is 0 Å². The maximum Gasteiger partial charge on any atom is 0.354 e. The largest absolute Gasteiger partial charge is 0.493 e. The summed E-state index contributed by atoms with van der Waals surface area (Å²) in [5, 5.41) is 2.59. The zero-order valence-corrected chi connectivity index (χ0v) is 16.8. The third-order valence-corrected chi connectivity index (χ3v) is 3.82. The van der Waals surface area contributed by atoms with E-state index in [4.69, 9.17) is 14.2 Å². The third-order valence-electron chi connectivity index (χ3n) is 3.82. The van der Waals surface area contributed by atoms with Crippen LogP contribution < -0.4 is 14.8 Å². The Balaban J connectivity index is 2.42. The summed E-state index contributed by atoms with van der Waals surface area (Å²) in [4.78, 5) is 36.2. The molecule has 0 spiro atoms. The normalized spacial score (nSPS) is 10.8. The highest BCUT2D eigenvalue weighted by Crippen LogP contribution is 2.33. The Kier molecular flexibility index (Phi) is 7.54. The Morgan fingerprint density at radius 3 is 2.38 bits per heavy atom. The molecular weight excluding hydrogens is 374 g/mol. The van der Waals surface area contributed by atoms with Gasteiger partial charge in [0, 0.05) is 12.5 Å². The van der Waals surface area contributed by atoms with Gasteiger partial charge in [-0.05, 0) is 55.3 Å². The van der Waals surface area contributed by atoms with Gasteiger partial charge in [0.25, 0.3) is 5.91 Å². The highest BCUT2D eigenvalue weighted by molar-refractivity contribution is 6.03. The first kappa shape index (κ1) is 21.7. The van der Waals surface area contributed by atoms with Crippen LogP contribution in [0.25, 0.3) is 6.08 Å². The second-order valence-corrected chi connectivity index (χ2v) is 6.06. The molecule has 0 unspecified atom stereocenters. The fraction of sp³-hybridized carbons (Fsp3) is 0.227. The lowest BCUT2D eigenvalue weighted by atomic mass is 10.1. The fourth-order valence-corrected chi connectivity index (χ4v) is 2.58. The van der Waals surface area contributed by atoms with Crippen molar-refractivity contribution in [1.82, 2.24) is 5.32 Å². The number of benzene rings is 2. The van der Waals surface area contributed by atoms with E-state index in [1.807, 2.05) is 0 Å². The number of methoxy groups -OCH3 is 1. The molecule has 0 aromatic heterocycles. The Morgan fingerprint density at radius 2 is 1.79 bits per heavy atom. The van der Waals surface area contributed by atoms with Gasteiger partial charge < -0.3 is 19.5 Å². The van der Waals surface area contributed by atoms with Crippen molar-refractivity contribution in [2.75, 3.05) is 13.7 Å². The minimum absolute atomic E-state index is 0.0256. The molecule has 0 aliphatic rings. The molecule has 7 heteroatoms. The van der Waals surface area contributed by atoms with Crippen LogP contribution in [0.5, 0.6) is 11.5 Å². The number of rotatable bonds is 7. The van der Waals surface area contributed by atoms with E-state index in [0.29, 0.717) is 28.2 Å². The Morgan fingerprint density at radius 1 is 1.10 bits per heavy atom. The molecule has 0 bridgehead atoms. The van der Waals surface area contributed by atoms with Crippen LogP contribution in [0, 0.1) is 6.92 Å². The molecule has 7 nitrogen and oxygen atoms in total. The number of hydrogen-bond acceptors (Lipinski definition) is 6. The van der Waals surface area contributed by atoms with E-state index in [1.165, 1.54) is 20.1 Å². The fourth-order valence-electron chi connectivity index (χ4n) is 2.58. The average Bonchev–Trinajstić information content (AvgIpc) is 2.69. The molecule has 1 N–H and O–H groups in total. The van der Waals surface area contributed by atoms with Crippen molar-refractivity contribution in [3.05, 3.63) is 64.9 Å². The molecule has 0 saturated heterocycles. The second-order valence-electron chi connectivity index (χ2n) is 6.06. The first-order valence-electron chi connectivity index (χ1n) is 8.98. The van der Waals surface area contributed by atoms with Crippen LogP contribution in [0.1, 0.15) is 35.3 Å². The van der Waals surface area contributed by atoms with Gasteiger partial charge in [-0.15, -0.1) is 0 Å². The van der Waals surface area contributed by atoms with Crippen molar-refractivity contribution >= 4 is 23.9 Å². The average molecular weight is 397 g/mol. The van der Waals surface area contributed by atoms with Gasteiger partial charge in [0.05, 0.1) is 13.7 Å². The molecule has 152 valence electrons. The van der Waals surface area contributed by atoms with E-state index >= 15 is 0 Å². The van der Waals surface area contributed by atoms with Crippen LogP contribution in [-0.4, -0.2) is 31.6 Å². The van der Waals surface area contributed by atoms with Crippen LogP contribution in [0.3, 0.4) is 0 Å². The molecular formula is C22H23NO6. The lowest BCUT2D eigenvalue weighted by Gasteiger charge is -2.13. The van der Waals surface area contributed by atoms with Gasteiger partial charge in [-0.3, -0.25) is 9.59 Å². The van der Waals surface area contributed by atoms with Crippen LogP contribution in [-0.2, 0) is 14.3 Å². The number of nitrogens with one attached hydrogen (secondary N) is 1. The molecule has 29 heavy (non-hydrogen) atoms. The molecule has 0 atom stereocenters. The Hall–Kier alpha value is -3.61. The van der Waals surface area contributed by atoms with Crippen LogP contribution in [0.4, 0.5) is 0 Å². The SMILES string of the molecule is CCOC(=O)/C(=C/c1cc(C)c(OC(C)=O)c(OC)c1)NC(=O)c1ccccc1. The Bertz CT molecular complexity index is 934. The zero-order chi connectivity index (χ0) is 21.4. The summed E-state index contributed by atoms with van der Waals surface area (Å²) >= 11 is 0. The minimum Gasteiger partial charge on any atom is -0.493 e. The summed E-state index contributed by atoms with van der Waals surface area (Å²) < 4.78 is 15.5. The smallest absolute Gasteiger partial charge is 0.354 e. The van der Waals surface area contributed by atoms with E-state index in [-0.39, 0.29) is 12.3 Å². The molecule has 0 heterocycles. The van der Waals surface area contributed by atoms with Crippen molar-refractivity contribution in [2.45, 2.75) is 20.8 Å². The number of amides is 1. The topological polar surface area (TPSA) is 90.9 Å². The quantitative estimate of drug-likeness (QED) is 0.438. The van der Waals surface area contributed by atoms with Gasteiger partial charge in [-0.1, -0.05) is 18.2 Å². The maximum atomic E-state index is 12.5. The summed E-state index contributed by atoms with van der Waals surface area (Å²) in [7, 11) is 1.44. The van der Waals surface area contributed by atoms with Gasteiger partial charge in [0.15, 0.2) is 11.5 Å². The van der Waals surface area contributed by atoms with E-state index < -0.39 is 17.8 Å². The van der Waals surface area contributed by atoms with E-state index in [9.17, 15) is 14.4 Å². The first-order valence-corrected chi connectivity index (χ1v) is 8.98. The summed E-state index contributed by atoms with van der Waals surface area (Å²) in [6.07, 6.45) is 1.48. The number of hydrogen-bond donors (Lipinski definition) is 1. The van der Waals surface area contributed by atoms with Gasteiger partial charge in [0.2, 0.25) is 0 Å². The van der Waals surface area contributed by atoms with Gasteiger partial charge >= 0.3 is 11.9 Å². The van der Waals surface area contributed by atoms with E-state index in [1.54, 1.807) is 56.3 Å². The summed E-state index contributed by atoms with van der Waals surface area (Å²) in [5.74, 6) is -0.966. The molecule has 2 aromatic rings. The predicted octanol–water partition coefficient (Wildman–Crippen LogP) is 3.26. The first-order chi connectivity index (χ1) is 13.8. The molecule has 0 aliphatic heterocycles. The van der Waals surface area contributed by atoms with Crippen molar-refractivity contribution in [3.8, 4) is 11.5 Å². The molecule has 0 radical (unpaired) electrons. The summed E-state index contributed by atoms with van der Waals surface area (Å²) in [5.41, 5.74) is 1.57. The van der Waals surface area contributed by atoms with Crippen LogP contribution in [0.15, 0.2) is 48.2 Å². The summed E-state index contributed by atoms with van der Waals surface area (Å²) in [6.45, 7) is 4.87. The standard InChI is InChI=1S/C22H23NO6/c1-5-28-22(26)18(23-21(25)17-9-7-6-8-10-17)12-16-11-14(2)20(29-15(3)24)19(13-16)27-4/h6-13H,5H2,1-4H3,(H,23,25)/b18-12-. The number of carbonyl (C=O) groups is 3. The Labute approximate surface area is 169 Å². The number of aryl methyl sites for hydroxylation is 1. The third kappa shape index (κ3) is 5.93. The zero-order valence-electron chi connectivity index (χ0n) is 16.8. The highest BCUT2D eigenvalue weighted by atomic mass is 16.6. The van der Waals surface area contributed by atoms with Crippen molar-refractivity contribution in [3.63, 3.8) is 0 Å². The van der Waals surface area contributed by atoms with Gasteiger partial charge in [-0.25, -0.2) is 4.79 Å². The predicted molar refractivity (Wildman–Crippen MR) is 108 cm³/mol. The van der Waals surface area contributed by atoms with Crippen molar-refractivity contribution in [1.29, 1.82) is 0 Å². The molecule has 0 saturated carbocycles. The maximum absolute atomic E-state index is 12.5.